The van der Waals surface area contributed by atoms with Gasteiger partial charge in [0.25, 0.3) is 0 Å². The minimum atomic E-state index is 0.109. The molecule has 0 aliphatic rings. The SMILES string of the molecule is CC(C)Oc1cc(N(C)Cc2ccncc2)ccc1N. The molecule has 0 saturated heterocycles. The first-order valence-corrected chi connectivity index (χ1v) is 6.72. The van der Waals surface area contributed by atoms with Crippen molar-refractivity contribution >= 4 is 11.4 Å². The van der Waals surface area contributed by atoms with Gasteiger partial charge >= 0.3 is 0 Å². The number of nitrogen functional groups attached to an aromatic ring is 1. The summed E-state index contributed by atoms with van der Waals surface area (Å²) < 4.78 is 5.72. The Morgan fingerprint density at radius 2 is 1.90 bits per heavy atom. The number of anilines is 2. The van der Waals surface area contributed by atoms with Crippen LogP contribution in [0.25, 0.3) is 0 Å². The van der Waals surface area contributed by atoms with Crippen LogP contribution in [0.3, 0.4) is 0 Å². The second-order valence-electron chi connectivity index (χ2n) is 5.10. The summed E-state index contributed by atoms with van der Waals surface area (Å²) in [7, 11) is 2.05. The van der Waals surface area contributed by atoms with Crippen molar-refractivity contribution in [2.45, 2.75) is 26.5 Å². The molecule has 0 saturated carbocycles. The van der Waals surface area contributed by atoms with Crippen molar-refractivity contribution in [3.63, 3.8) is 0 Å². The summed E-state index contributed by atoms with van der Waals surface area (Å²) in [5.41, 5.74) is 8.89. The predicted molar refractivity (Wildman–Crippen MR) is 83.0 cm³/mol. The van der Waals surface area contributed by atoms with Crippen molar-refractivity contribution in [2.24, 2.45) is 0 Å². The highest BCUT2D eigenvalue weighted by atomic mass is 16.5. The first-order valence-electron chi connectivity index (χ1n) is 6.72. The summed E-state index contributed by atoms with van der Waals surface area (Å²) in [6, 6.07) is 9.90. The van der Waals surface area contributed by atoms with Gasteiger partial charge in [-0.2, -0.15) is 0 Å². The smallest absolute Gasteiger partial charge is 0.144 e. The van der Waals surface area contributed by atoms with Gasteiger partial charge in [-0.3, -0.25) is 4.98 Å². The number of benzene rings is 1. The van der Waals surface area contributed by atoms with Gasteiger partial charge in [0.15, 0.2) is 0 Å². The lowest BCUT2D eigenvalue weighted by Crippen LogP contribution is -2.17. The zero-order chi connectivity index (χ0) is 14.5. The van der Waals surface area contributed by atoms with Crippen molar-refractivity contribution in [1.82, 2.24) is 4.98 Å². The van der Waals surface area contributed by atoms with Gasteiger partial charge in [-0.25, -0.2) is 0 Å². The van der Waals surface area contributed by atoms with Gasteiger partial charge in [0, 0.05) is 37.7 Å². The van der Waals surface area contributed by atoms with Crippen LogP contribution in [0.1, 0.15) is 19.4 Å². The van der Waals surface area contributed by atoms with Crippen LogP contribution < -0.4 is 15.4 Å². The Balaban J connectivity index is 2.15. The monoisotopic (exact) mass is 271 g/mol. The van der Waals surface area contributed by atoms with Crippen LogP contribution in [-0.2, 0) is 6.54 Å². The fraction of sp³-hybridized carbons (Fsp3) is 0.312. The Kier molecular flexibility index (Phi) is 4.45. The van der Waals surface area contributed by atoms with Gasteiger partial charge in [0.05, 0.1) is 11.8 Å². The van der Waals surface area contributed by atoms with E-state index in [1.807, 2.05) is 51.2 Å². The average Bonchev–Trinajstić information content (AvgIpc) is 2.42. The Morgan fingerprint density at radius 1 is 1.20 bits per heavy atom. The molecule has 0 aliphatic carbocycles. The molecule has 4 heteroatoms. The zero-order valence-corrected chi connectivity index (χ0v) is 12.2. The highest BCUT2D eigenvalue weighted by molar-refractivity contribution is 5.62. The first-order chi connectivity index (χ1) is 9.56. The molecule has 1 heterocycles. The highest BCUT2D eigenvalue weighted by Crippen LogP contribution is 2.28. The van der Waals surface area contributed by atoms with E-state index in [1.165, 1.54) is 5.56 Å². The number of hydrogen-bond donors (Lipinski definition) is 1. The molecule has 106 valence electrons. The predicted octanol–water partition coefficient (Wildman–Crippen LogP) is 3.09. The summed E-state index contributed by atoms with van der Waals surface area (Å²) >= 11 is 0. The molecule has 0 unspecified atom stereocenters. The van der Waals surface area contributed by atoms with E-state index >= 15 is 0 Å². The lowest BCUT2D eigenvalue weighted by Gasteiger charge is -2.21. The maximum absolute atomic E-state index is 5.94. The van der Waals surface area contributed by atoms with Crippen molar-refractivity contribution in [3.05, 3.63) is 48.3 Å². The fourth-order valence-electron chi connectivity index (χ4n) is 1.97. The molecule has 2 N–H and O–H groups in total. The summed E-state index contributed by atoms with van der Waals surface area (Å²) in [6.45, 7) is 4.80. The summed E-state index contributed by atoms with van der Waals surface area (Å²) in [5.74, 6) is 0.735. The molecule has 20 heavy (non-hydrogen) atoms. The van der Waals surface area contributed by atoms with Gasteiger partial charge in [-0.15, -0.1) is 0 Å². The second-order valence-corrected chi connectivity index (χ2v) is 5.10. The molecule has 0 fully saturated rings. The standard InChI is InChI=1S/C16H21N3O/c1-12(2)20-16-10-14(4-5-15(16)17)19(3)11-13-6-8-18-9-7-13/h4-10,12H,11,17H2,1-3H3. The Bertz CT molecular complexity index is 555. The molecule has 0 radical (unpaired) electrons. The molecule has 0 spiro atoms. The molecule has 0 bridgehead atoms. The number of nitrogens with zero attached hydrogens (tertiary/aromatic N) is 2. The normalized spacial score (nSPS) is 10.6. The fourth-order valence-corrected chi connectivity index (χ4v) is 1.97. The van der Waals surface area contributed by atoms with Crippen molar-refractivity contribution in [3.8, 4) is 5.75 Å². The lowest BCUT2D eigenvalue weighted by atomic mass is 10.2. The lowest BCUT2D eigenvalue weighted by molar-refractivity contribution is 0.244. The van der Waals surface area contributed by atoms with Crippen LogP contribution in [0, 0.1) is 0 Å². The number of hydrogen-bond acceptors (Lipinski definition) is 4. The third-order valence-corrected chi connectivity index (χ3v) is 2.97. The molecule has 2 aromatic rings. The first kappa shape index (κ1) is 14.2. The molecule has 1 aromatic carbocycles. The van der Waals surface area contributed by atoms with E-state index in [0.29, 0.717) is 5.69 Å². The van der Waals surface area contributed by atoms with Crippen molar-refractivity contribution in [1.29, 1.82) is 0 Å². The van der Waals surface area contributed by atoms with E-state index in [2.05, 4.69) is 9.88 Å². The van der Waals surface area contributed by atoms with Gasteiger partial charge < -0.3 is 15.4 Å². The molecule has 0 aliphatic heterocycles. The number of nitrogens with two attached hydrogens (primary N) is 1. The Labute approximate surface area is 120 Å². The largest absolute Gasteiger partial charge is 0.489 e. The van der Waals surface area contributed by atoms with Crippen LogP contribution in [-0.4, -0.2) is 18.1 Å². The minimum Gasteiger partial charge on any atom is -0.489 e. The zero-order valence-electron chi connectivity index (χ0n) is 12.2. The van der Waals surface area contributed by atoms with Crippen LogP contribution in [0.15, 0.2) is 42.7 Å². The summed E-state index contributed by atoms with van der Waals surface area (Å²) in [4.78, 5) is 6.18. The summed E-state index contributed by atoms with van der Waals surface area (Å²) in [6.07, 6.45) is 3.72. The number of rotatable bonds is 5. The second kappa shape index (κ2) is 6.28. The minimum absolute atomic E-state index is 0.109. The van der Waals surface area contributed by atoms with E-state index in [4.69, 9.17) is 10.5 Å². The number of aromatic nitrogens is 1. The van der Waals surface area contributed by atoms with E-state index in [-0.39, 0.29) is 6.10 Å². The molecular weight excluding hydrogens is 250 g/mol. The van der Waals surface area contributed by atoms with Crippen LogP contribution in [0.2, 0.25) is 0 Å². The van der Waals surface area contributed by atoms with Gasteiger partial charge in [0.1, 0.15) is 5.75 Å². The average molecular weight is 271 g/mol. The van der Waals surface area contributed by atoms with Gasteiger partial charge in [0.2, 0.25) is 0 Å². The Morgan fingerprint density at radius 3 is 2.55 bits per heavy atom. The Hall–Kier alpha value is -2.23. The van der Waals surface area contributed by atoms with Crippen LogP contribution in [0.5, 0.6) is 5.75 Å². The number of ether oxygens (including phenoxy) is 1. The third-order valence-electron chi connectivity index (χ3n) is 2.97. The highest BCUT2D eigenvalue weighted by Gasteiger charge is 2.08. The maximum atomic E-state index is 5.94. The van der Waals surface area contributed by atoms with Crippen LogP contribution in [0.4, 0.5) is 11.4 Å². The topological polar surface area (TPSA) is 51.4 Å². The van der Waals surface area contributed by atoms with E-state index in [0.717, 1.165) is 18.0 Å². The van der Waals surface area contributed by atoms with E-state index in [1.54, 1.807) is 12.4 Å². The molecule has 0 amide bonds. The molecule has 1 aromatic heterocycles. The summed E-state index contributed by atoms with van der Waals surface area (Å²) in [5, 5.41) is 0. The maximum Gasteiger partial charge on any atom is 0.144 e. The third kappa shape index (κ3) is 3.63. The van der Waals surface area contributed by atoms with Gasteiger partial charge in [-0.1, -0.05) is 0 Å². The van der Waals surface area contributed by atoms with E-state index < -0.39 is 0 Å². The quantitative estimate of drug-likeness (QED) is 0.849. The van der Waals surface area contributed by atoms with Crippen LogP contribution >= 0.6 is 0 Å². The van der Waals surface area contributed by atoms with Crippen molar-refractivity contribution in [2.75, 3.05) is 17.7 Å². The van der Waals surface area contributed by atoms with Crippen molar-refractivity contribution < 1.29 is 4.74 Å². The molecular formula is C16H21N3O. The van der Waals surface area contributed by atoms with E-state index in [9.17, 15) is 0 Å². The van der Waals surface area contributed by atoms with Gasteiger partial charge in [-0.05, 0) is 43.7 Å². The molecule has 2 rings (SSSR count). The molecule has 4 nitrogen and oxygen atoms in total. The number of pyridine rings is 1. The molecule has 0 atom stereocenters.